The molecule has 1 aromatic rings. The van der Waals surface area contributed by atoms with Crippen molar-refractivity contribution < 1.29 is 0 Å². The number of rotatable bonds is 3. The third-order valence-corrected chi connectivity index (χ3v) is 5.64. The first-order valence-electron chi connectivity index (χ1n) is 8.47. The molecule has 3 atom stereocenters. The Bertz CT molecular complexity index is 464. The van der Waals surface area contributed by atoms with Crippen LogP contribution >= 0.6 is 0 Å². The van der Waals surface area contributed by atoms with Gasteiger partial charge in [0.15, 0.2) is 0 Å². The van der Waals surface area contributed by atoms with Crippen molar-refractivity contribution in [2.75, 3.05) is 19.6 Å². The Labute approximate surface area is 122 Å². The lowest BCUT2D eigenvalue weighted by Gasteiger charge is -2.43. The molecule has 0 aromatic heterocycles. The van der Waals surface area contributed by atoms with Gasteiger partial charge in [-0.3, -0.25) is 4.90 Å². The minimum atomic E-state index is 0.769. The molecule has 0 radical (unpaired) electrons. The van der Waals surface area contributed by atoms with Crippen LogP contribution in [0.25, 0.3) is 0 Å². The largest absolute Gasteiger partial charge is 0.312 e. The molecule has 2 aliphatic heterocycles. The van der Waals surface area contributed by atoms with Crippen LogP contribution < -0.4 is 5.32 Å². The summed E-state index contributed by atoms with van der Waals surface area (Å²) < 4.78 is 0. The number of hydrogen-bond donors (Lipinski definition) is 1. The fourth-order valence-corrected chi connectivity index (χ4v) is 4.55. The molecule has 1 aromatic carbocycles. The quantitative estimate of drug-likeness (QED) is 0.908. The lowest BCUT2D eigenvalue weighted by molar-refractivity contribution is 0.109. The molecule has 1 N–H and O–H groups in total. The highest BCUT2D eigenvalue weighted by atomic mass is 15.2. The molecule has 0 saturated carbocycles. The van der Waals surface area contributed by atoms with E-state index in [0.29, 0.717) is 0 Å². The summed E-state index contributed by atoms with van der Waals surface area (Å²) in [6, 6.07) is 10.6. The highest BCUT2D eigenvalue weighted by Crippen LogP contribution is 2.37. The fraction of sp³-hybridized carbons (Fsp3) is 0.667. The van der Waals surface area contributed by atoms with Crippen LogP contribution in [-0.4, -0.2) is 36.6 Å². The Morgan fingerprint density at radius 2 is 2.05 bits per heavy atom. The van der Waals surface area contributed by atoms with E-state index in [0.717, 1.165) is 18.0 Å². The summed E-state index contributed by atoms with van der Waals surface area (Å²) in [7, 11) is 0. The highest BCUT2D eigenvalue weighted by molar-refractivity contribution is 5.40. The highest BCUT2D eigenvalue weighted by Gasteiger charge is 2.35. The van der Waals surface area contributed by atoms with E-state index in [1.165, 1.54) is 58.2 Å². The number of piperidine rings is 1. The Kier molecular flexibility index (Phi) is 3.53. The lowest BCUT2D eigenvalue weighted by atomic mass is 9.76. The Morgan fingerprint density at radius 3 is 2.90 bits per heavy atom. The van der Waals surface area contributed by atoms with Gasteiger partial charge in [-0.25, -0.2) is 0 Å². The molecule has 20 heavy (non-hydrogen) atoms. The molecule has 0 amide bonds. The van der Waals surface area contributed by atoms with E-state index < -0.39 is 0 Å². The number of likely N-dealkylation sites (tertiary alicyclic amines) is 1. The number of benzene rings is 1. The monoisotopic (exact) mass is 270 g/mol. The predicted octanol–water partition coefficient (Wildman–Crippen LogP) is 2.93. The maximum atomic E-state index is 3.74. The molecule has 2 fully saturated rings. The maximum Gasteiger partial charge on any atom is 0.0249 e. The van der Waals surface area contributed by atoms with Gasteiger partial charge >= 0.3 is 0 Å². The Morgan fingerprint density at radius 1 is 1.10 bits per heavy atom. The zero-order chi connectivity index (χ0) is 13.4. The molecule has 108 valence electrons. The van der Waals surface area contributed by atoms with Crippen molar-refractivity contribution in [1.29, 1.82) is 0 Å². The number of fused-ring (bicyclic) bond motifs is 1. The van der Waals surface area contributed by atoms with E-state index in [1.54, 1.807) is 11.1 Å². The molecule has 2 saturated heterocycles. The molecule has 2 nitrogen and oxygen atoms in total. The van der Waals surface area contributed by atoms with Crippen molar-refractivity contribution >= 4 is 0 Å². The molecule has 0 bridgehead atoms. The summed E-state index contributed by atoms with van der Waals surface area (Å²) in [6.45, 7) is 3.85. The molecule has 3 aliphatic rings. The molecular formula is C18H26N2. The van der Waals surface area contributed by atoms with Gasteiger partial charge in [-0.15, -0.1) is 0 Å². The van der Waals surface area contributed by atoms with Crippen LogP contribution in [0, 0.1) is 0 Å². The van der Waals surface area contributed by atoms with E-state index in [2.05, 4.69) is 34.5 Å². The van der Waals surface area contributed by atoms with Gasteiger partial charge in [0.25, 0.3) is 0 Å². The van der Waals surface area contributed by atoms with E-state index in [4.69, 9.17) is 0 Å². The second-order valence-corrected chi connectivity index (χ2v) is 6.86. The summed E-state index contributed by atoms with van der Waals surface area (Å²) >= 11 is 0. The average Bonchev–Trinajstić information content (AvgIpc) is 2.99. The van der Waals surface area contributed by atoms with Crippen molar-refractivity contribution in [1.82, 2.24) is 10.2 Å². The Hall–Kier alpha value is -0.860. The normalized spacial score (nSPS) is 33.7. The molecule has 0 spiro atoms. The van der Waals surface area contributed by atoms with Crippen LogP contribution in [0.15, 0.2) is 24.3 Å². The van der Waals surface area contributed by atoms with Crippen LogP contribution in [-0.2, 0) is 6.42 Å². The molecule has 3 unspecified atom stereocenters. The predicted molar refractivity (Wildman–Crippen MR) is 83.1 cm³/mol. The van der Waals surface area contributed by atoms with Crippen molar-refractivity contribution in [3.05, 3.63) is 35.4 Å². The molecule has 2 heterocycles. The van der Waals surface area contributed by atoms with Crippen molar-refractivity contribution in [2.45, 2.75) is 56.5 Å². The summed E-state index contributed by atoms with van der Waals surface area (Å²) in [6.07, 6.45) is 8.31. The van der Waals surface area contributed by atoms with Gasteiger partial charge in [-0.05, 0) is 56.3 Å². The summed E-state index contributed by atoms with van der Waals surface area (Å²) in [4.78, 5) is 2.81. The fourth-order valence-electron chi connectivity index (χ4n) is 4.55. The zero-order valence-electron chi connectivity index (χ0n) is 12.4. The SMILES string of the molecule is c1ccc2c(c1)CC2CN1CCCCC1C1CCCN1. The van der Waals surface area contributed by atoms with Gasteiger partial charge in [-0.2, -0.15) is 0 Å². The first-order chi connectivity index (χ1) is 9.92. The van der Waals surface area contributed by atoms with Gasteiger partial charge in [0.05, 0.1) is 0 Å². The van der Waals surface area contributed by atoms with Crippen molar-refractivity contribution in [3.8, 4) is 0 Å². The van der Waals surface area contributed by atoms with Crippen molar-refractivity contribution in [2.24, 2.45) is 0 Å². The van der Waals surface area contributed by atoms with Crippen molar-refractivity contribution in [3.63, 3.8) is 0 Å². The van der Waals surface area contributed by atoms with Crippen LogP contribution in [0.3, 0.4) is 0 Å². The zero-order valence-corrected chi connectivity index (χ0v) is 12.4. The van der Waals surface area contributed by atoms with E-state index in [1.807, 2.05) is 0 Å². The van der Waals surface area contributed by atoms with Crippen LogP contribution in [0.5, 0.6) is 0 Å². The summed E-state index contributed by atoms with van der Waals surface area (Å²) in [5.41, 5.74) is 3.21. The lowest BCUT2D eigenvalue weighted by Crippen LogP contribution is -2.52. The smallest absolute Gasteiger partial charge is 0.0249 e. The number of hydrogen-bond acceptors (Lipinski definition) is 2. The standard InChI is InChI=1S/C18H26N2/c1-2-7-16-14(6-1)12-15(16)13-20-11-4-3-9-18(20)17-8-5-10-19-17/h1-2,6-7,15,17-19H,3-5,8-13H2. The minimum absolute atomic E-state index is 0.769. The third-order valence-electron chi connectivity index (χ3n) is 5.64. The molecule has 1 aliphatic carbocycles. The van der Waals surface area contributed by atoms with Crippen LogP contribution in [0.1, 0.15) is 49.1 Å². The van der Waals surface area contributed by atoms with Crippen LogP contribution in [0.2, 0.25) is 0 Å². The number of nitrogens with zero attached hydrogens (tertiary/aromatic N) is 1. The first-order valence-corrected chi connectivity index (χ1v) is 8.47. The second-order valence-electron chi connectivity index (χ2n) is 6.86. The Balaban J connectivity index is 1.44. The first kappa shape index (κ1) is 12.8. The second kappa shape index (κ2) is 5.50. The van der Waals surface area contributed by atoms with E-state index >= 15 is 0 Å². The van der Waals surface area contributed by atoms with Crippen LogP contribution in [0.4, 0.5) is 0 Å². The average molecular weight is 270 g/mol. The van der Waals surface area contributed by atoms with Gasteiger partial charge in [0.1, 0.15) is 0 Å². The molecular weight excluding hydrogens is 244 g/mol. The van der Waals surface area contributed by atoms with E-state index in [-0.39, 0.29) is 0 Å². The number of nitrogens with one attached hydrogen (secondary N) is 1. The molecule has 2 heteroatoms. The third kappa shape index (κ3) is 2.29. The van der Waals surface area contributed by atoms with E-state index in [9.17, 15) is 0 Å². The maximum absolute atomic E-state index is 3.74. The van der Waals surface area contributed by atoms with Gasteiger partial charge < -0.3 is 5.32 Å². The topological polar surface area (TPSA) is 15.3 Å². The minimum Gasteiger partial charge on any atom is -0.312 e. The summed E-state index contributed by atoms with van der Waals surface area (Å²) in [5.74, 6) is 0.799. The summed E-state index contributed by atoms with van der Waals surface area (Å²) in [5, 5.41) is 3.74. The van der Waals surface area contributed by atoms with Gasteiger partial charge in [-0.1, -0.05) is 30.7 Å². The van der Waals surface area contributed by atoms with Gasteiger partial charge in [0.2, 0.25) is 0 Å². The molecule has 4 rings (SSSR count). The van der Waals surface area contributed by atoms with Gasteiger partial charge in [0, 0.05) is 24.5 Å².